The molecule has 5 rings (SSSR count). The van der Waals surface area contributed by atoms with Crippen molar-refractivity contribution in [3.8, 4) is 23.0 Å². The normalized spacial score (nSPS) is 15.2. The lowest BCUT2D eigenvalue weighted by molar-refractivity contribution is 0.482. The van der Waals surface area contributed by atoms with Crippen molar-refractivity contribution in [2.75, 3.05) is 11.5 Å². The van der Waals surface area contributed by atoms with Crippen LogP contribution in [-0.2, 0) is 0 Å². The first-order chi connectivity index (χ1) is 17.6. The molecule has 4 N–H and O–H groups in total. The number of anilines is 2. The summed E-state index contributed by atoms with van der Waals surface area (Å²) in [6.45, 7) is 0. The van der Waals surface area contributed by atoms with Crippen LogP contribution in [0.1, 0.15) is 24.0 Å². The minimum Gasteiger partial charge on any atom is -0.457 e. The summed E-state index contributed by atoms with van der Waals surface area (Å²) in [4.78, 5) is 0. The molecule has 0 aromatic heterocycles. The molecule has 0 fully saturated rings. The van der Waals surface area contributed by atoms with Gasteiger partial charge in [-0.05, 0) is 102 Å². The Morgan fingerprint density at radius 1 is 0.528 bits per heavy atom. The maximum Gasteiger partial charge on any atom is 0.127 e. The zero-order chi connectivity index (χ0) is 24.7. The van der Waals surface area contributed by atoms with Crippen molar-refractivity contribution in [3.63, 3.8) is 0 Å². The first kappa shape index (κ1) is 23.1. The monoisotopic (exact) mass is 472 g/mol. The van der Waals surface area contributed by atoms with Gasteiger partial charge in [-0.1, -0.05) is 54.1 Å². The van der Waals surface area contributed by atoms with Gasteiger partial charge in [0.1, 0.15) is 23.0 Å². The van der Waals surface area contributed by atoms with E-state index in [4.69, 9.17) is 20.9 Å². The maximum atomic E-state index is 5.90. The van der Waals surface area contributed by atoms with Gasteiger partial charge in [-0.25, -0.2) is 0 Å². The van der Waals surface area contributed by atoms with Gasteiger partial charge in [0.2, 0.25) is 0 Å². The number of allylic oxidation sites excluding steroid dienone is 4. The highest BCUT2D eigenvalue weighted by atomic mass is 16.5. The van der Waals surface area contributed by atoms with Gasteiger partial charge >= 0.3 is 0 Å². The van der Waals surface area contributed by atoms with E-state index in [1.165, 1.54) is 11.1 Å². The molecule has 4 aromatic rings. The molecular formula is C32H28N2O2. The molecule has 4 aromatic carbocycles. The first-order valence-electron chi connectivity index (χ1n) is 11.9. The molecule has 1 aliphatic carbocycles. The predicted octanol–water partition coefficient (Wildman–Crippen LogP) is 8.25. The van der Waals surface area contributed by atoms with E-state index in [1.807, 2.05) is 72.8 Å². The van der Waals surface area contributed by atoms with Crippen LogP contribution in [0.5, 0.6) is 23.0 Å². The topological polar surface area (TPSA) is 70.5 Å². The number of rotatable bonds is 6. The van der Waals surface area contributed by atoms with Gasteiger partial charge in [0.15, 0.2) is 0 Å². The third kappa shape index (κ3) is 6.24. The second-order valence-corrected chi connectivity index (χ2v) is 8.79. The molecule has 1 aliphatic rings. The van der Waals surface area contributed by atoms with Crippen LogP contribution in [0.15, 0.2) is 120 Å². The van der Waals surface area contributed by atoms with Crippen molar-refractivity contribution in [2.24, 2.45) is 0 Å². The van der Waals surface area contributed by atoms with Crippen LogP contribution >= 0.6 is 0 Å². The molecule has 0 radical (unpaired) electrons. The van der Waals surface area contributed by atoms with Gasteiger partial charge in [0.25, 0.3) is 0 Å². The van der Waals surface area contributed by atoms with Crippen LogP contribution in [0.2, 0.25) is 0 Å². The van der Waals surface area contributed by atoms with E-state index in [-0.39, 0.29) is 0 Å². The van der Waals surface area contributed by atoms with Gasteiger partial charge < -0.3 is 20.9 Å². The smallest absolute Gasteiger partial charge is 0.127 e. The zero-order valence-corrected chi connectivity index (χ0v) is 19.9. The zero-order valence-electron chi connectivity index (χ0n) is 19.9. The van der Waals surface area contributed by atoms with Gasteiger partial charge in [0, 0.05) is 11.4 Å². The molecule has 0 saturated heterocycles. The Morgan fingerprint density at radius 2 is 0.944 bits per heavy atom. The van der Waals surface area contributed by atoms with Crippen molar-refractivity contribution >= 4 is 23.5 Å². The second-order valence-electron chi connectivity index (χ2n) is 8.79. The van der Waals surface area contributed by atoms with Gasteiger partial charge in [-0.15, -0.1) is 0 Å². The molecule has 0 bridgehead atoms. The summed E-state index contributed by atoms with van der Waals surface area (Å²) in [7, 11) is 0. The Morgan fingerprint density at radius 3 is 1.42 bits per heavy atom. The standard InChI is InChI=1S/C32H28N2O2/c33-27-8-16-31(17-9-27)35-29-12-4-23(5-13-29)20-25-2-1-3-26(22-25)21-24-6-14-30(15-7-24)36-32-18-10-28(34)11-19-32/h1-2,4-21H,3,22,33-34H2. The van der Waals surface area contributed by atoms with Crippen LogP contribution in [0.25, 0.3) is 12.2 Å². The van der Waals surface area contributed by atoms with Crippen molar-refractivity contribution in [3.05, 3.63) is 131 Å². The van der Waals surface area contributed by atoms with Gasteiger partial charge in [0.05, 0.1) is 0 Å². The fraction of sp³-hybridized carbons (Fsp3) is 0.0625. The Hall–Kier alpha value is -4.70. The third-order valence-electron chi connectivity index (χ3n) is 5.86. The summed E-state index contributed by atoms with van der Waals surface area (Å²) in [5.74, 6) is 3.14. The average molecular weight is 473 g/mol. The Balaban J connectivity index is 1.21. The van der Waals surface area contributed by atoms with Crippen LogP contribution in [0.3, 0.4) is 0 Å². The molecule has 4 nitrogen and oxygen atoms in total. The summed E-state index contributed by atoms with van der Waals surface area (Å²) < 4.78 is 11.8. The molecular weight excluding hydrogens is 444 g/mol. The number of ether oxygens (including phenoxy) is 2. The number of hydrogen-bond donors (Lipinski definition) is 2. The Kier molecular flexibility index (Phi) is 6.86. The first-order valence-corrected chi connectivity index (χ1v) is 11.9. The summed E-state index contributed by atoms with van der Waals surface area (Å²) in [6.07, 6.45) is 10.8. The van der Waals surface area contributed by atoms with Gasteiger partial charge in [-0.3, -0.25) is 0 Å². The number of nitrogens with two attached hydrogens (primary N) is 2. The fourth-order valence-electron chi connectivity index (χ4n) is 4.02. The maximum absolute atomic E-state index is 5.90. The van der Waals surface area contributed by atoms with Crippen molar-refractivity contribution in [2.45, 2.75) is 12.8 Å². The lowest BCUT2D eigenvalue weighted by atomic mass is 9.93. The lowest BCUT2D eigenvalue weighted by Gasteiger charge is -2.13. The molecule has 0 atom stereocenters. The van der Waals surface area contributed by atoms with Crippen LogP contribution < -0.4 is 20.9 Å². The second kappa shape index (κ2) is 10.7. The van der Waals surface area contributed by atoms with E-state index in [0.29, 0.717) is 0 Å². The largest absolute Gasteiger partial charge is 0.457 e. The van der Waals surface area contributed by atoms with Crippen LogP contribution in [-0.4, -0.2) is 0 Å². The van der Waals surface area contributed by atoms with E-state index < -0.39 is 0 Å². The van der Waals surface area contributed by atoms with E-state index >= 15 is 0 Å². The quantitative estimate of drug-likeness (QED) is 0.277. The molecule has 0 amide bonds. The minimum atomic E-state index is 0.721. The average Bonchev–Trinajstić information content (AvgIpc) is 2.89. The van der Waals surface area contributed by atoms with Crippen molar-refractivity contribution in [1.29, 1.82) is 0 Å². The summed E-state index contributed by atoms with van der Waals surface area (Å²) in [6, 6.07) is 31.1. The van der Waals surface area contributed by atoms with Crippen LogP contribution in [0.4, 0.5) is 11.4 Å². The third-order valence-corrected chi connectivity index (χ3v) is 5.86. The van der Waals surface area contributed by atoms with Crippen molar-refractivity contribution in [1.82, 2.24) is 0 Å². The molecule has 4 heteroatoms. The fourth-order valence-corrected chi connectivity index (χ4v) is 4.02. The minimum absolute atomic E-state index is 0.721. The predicted molar refractivity (Wildman–Crippen MR) is 149 cm³/mol. The lowest BCUT2D eigenvalue weighted by Crippen LogP contribution is -1.92. The molecule has 178 valence electrons. The Labute approximate surface area is 211 Å². The molecule has 36 heavy (non-hydrogen) atoms. The highest BCUT2D eigenvalue weighted by Crippen LogP contribution is 2.29. The van der Waals surface area contributed by atoms with E-state index in [1.54, 1.807) is 0 Å². The summed E-state index contributed by atoms with van der Waals surface area (Å²) in [5.41, 5.74) is 17.9. The molecule has 0 saturated carbocycles. The number of benzene rings is 4. The highest BCUT2D eigenvalue weighted by molar-refractivity contribution is 5.62. The molecule has 0 aliphatic heterocycles. The molecule has 0 spiro atoms. The highest BCUT2D eigenvalue weighted by Gasteiger charge is 2.07. The number of hydrogen-bond acceptors (Lipinski definition) is 4. The summed E-state index contributed by atoms with van der Waals surface area (Å²) in [5, 5.41) is 0. The van der Waals surface area contributed by atoms with E-state index in [0.717, 1.165) is 58.3 Å². The molecule has 0 heterocycles. The van der Waals surface area contributed by atoms with Crippen LogP contribution in [0, 0.1) is 0 Å². The summed E-state index contributed by atoms with van der Waals surface area (Å²) >= 11 is 0. The van der Waals surface area contributed by atoms with E-state index in [9.17, 15) is 0 Å². The van der Waals surface area contributed by atoms with Crippen molar-refractivity contribution < 1.29 is 9.47 Å². The molecule has 0 unspecified atom stereocenters. The SMILES string of the molecule is Nc1ccc(Oc2ccc(C=C3C=CCC(=Cc4ccc(Oc5ccc(N)cc5)cc4)C3)cc2)cc1. The van der Waals surface area contributed by atoms with E-state index in [2.05, 4.69) is 48.6 Å². The number of nitrogen functional groups attached to an aromatic ring is 2. The Bertz CT molecular complexity index is 1400. The van der Waals surface area contributed by atoms with Gasteiger partial charge in [-0.2, -0.15) is 0 Å².